The second kappa shape index (κ2) is 6.12. The first-order chi connectivity index (χ1) is 7.27. The molecule has 1 rings (SSSR count). The zero-order valence-electron chi connectivity index (χ0n) is 8.41. The number of unbranched alkanes of at least 4 members (excludes halogenated alkanes) is 1. The van der Waals surface area contributed by atoms with Gasteiger partial charge in [0, 0.05) is 18.7 Å². The third-order valence-corrected chi connectivity index (χ3v) is 2.14. The van der Waals surface area contributed by atoms with E-state index in [1.807, 2.05) is 0 Å². The van der Waals surface area contributed by atoms with Crippen molar-refractivity contribution >= 4 is 0 Å². The second-order valence-electron chi connectivity index (χ2n) is 3.25. The van der Waals surface area contributed by atoms with Crippen LogP contribution in [0.25, 0.3) is 0 Å². The lowest BCUT2D eigenvalue weighted by Crippen LogP contribution is -2.28. The molecule has 1 atom stereocenters. The fraction of sp³-hybridized carbons (Fsp3) is 0.364. The van der Waals surface area contributed by atoms with E-state index in [0.717, 1.165) is 18.4 Å². The van der Waals surface area contributed by atoms with Gasteiger partial charge in [-0.05, 0) is 24.5 Å². The summed E-state index contributed by atoms with van der Waals surface area (Å²) < 4.78 is 12.9. The van der Waals surface area contributed by atoms with Gasteiger partial charge in [0.1, 0.15) is 5.82 Å². The molecule has 3 nitrogen and oxygen atoms in total. The zero-order chi connectivity index (χ0) is 11.1. The van der Waals surface area contributed by atoms with Crippen LogP contribution in [0.3, 0.4) is 0 Å². The molecule has 0 aliphatic heterocycles. The number of rotatable bonds is 5. The molecule has 1 unspecified atom stereocenters. The highest BCUT2D eigenvalue weighted by Gasteiger charge is 2.09. The number of nitrogens with one attached hydrogen (secondary N) is 1. The molecule has 1 heterocycles. The largest absolute Gasteiger partial charge is 0.271 e. The topological polar surface area (TPSA) is 50.9 Å². The van der Waals surface area contributed by atoms with E-state index in [4.69, 9.17) is 12.3 Å². The third kappa shape index (κ3) is 3.66. The van der Waals surface area contributed by atoms with E-state index in [2.05, 4.69) is 16.3 Å². The molecule has 15 heavy (non-hydrogen) atoms. The molecule has 0 radical (unpaired) electrons. The number of nitrogens with two attached hydrogens (primary N) is 1. The van der Waals surface area contributed by atoms with E-state index in [1.54, 1.807) is 6.20 Å². The molecule has 4 heteroatoms. The first-order valence-corrected chi connectivity index (χ1v) is 4.78. The fourth-order valence-corrected chi connectivity index (χ4v) is 1.37. The number of pyridine rings is 1. The van der Waals surface area contributed by atoms with Gasteiger partial charge in [-0.2, -0.15) is 0 Å². The first kappa shape index (κ1) is 11.6. The Bertz CT molecular complexity index is 346. The van der Waals surface area contributed by atoms with Crippen LogP contribution in [0.2, 0.25) is 0 Å². The number of terminal acetylenes is 1. The van der Waals surface area contributed by atoms with E-state index >= 15 is 0 Å². The Morgan fingerprint density at radius 1 is 1.60 bits per heavy atom. The number of hydrazine groups is 1. The van der Waals surface area contributed by atoms with Gasteiger partial charge < -0.3 is 0 Å². The number of nitrogens with zero attached hydrogens (tertiary/aromatic N) is 1. The molecule has 1 aromatic rings. The lowest BCUT2D eigenvalue weighted by Gasteiger charge is -2.14. The summed E-state index contributed by atoms with van der Waals surface area (Å²) in [5.74, 6) is 7.58. The Morgan fingerprint density at radius 2 is 2.40 bits per heavy atom. The van der Waals surface area contributed by atoms with Crippen molar-refractivity contribution in [2.24, 2.45) is 5.84 Å². The van der Waals surface area contributed by atoms with Gasteiger partial charge >= 0.3 is 0 Å². The summed E-state index contributed by atoms with van der Waals surface area (Å²) in [6.07, 6.45) is 10.2. The van der Waals surface area contributed by atoms with Gasteiger partial charge in [-0.15, -0.1) is 12.3 Å². The predicted molar refractivity (Wildman–Crippen MR) is 56.9 cm³/mol. The van der Waals surface area contributed by atoms with Gasteiger partial charge in [0.25, 0.3) is 0 Å². The molecule has 1 aromatic heterocycles. The quantitative estimate of drug-likeness (QED) is 0.333. The summed E-state index contributed by atoms with van der Waals surface area (Å²) in [5, 5.41) is 0. The van der Waals surface area contributed by atoms with Crippen LogP contribution in [-0.2, 0) is 0 Å². The Balaban J connectivity index is 2.62. The number of halogens is 1. The number of aromatic nitrogens is 1. The average molecular weight is 207 g/mol. The monoisotopic (exact) mass is 207 g/mol. The molecule has 80 valence electrons. The molecule has 0 saturated heterocycles. The van der Waals surface area contributed by atoms with Gasteiger partial charge in [-0.25, -0.2) is 4.39 Å². The normalized spacial score (nSPS) is 12.1. The van der Waals surface area contributed by atoms with Crippen molar-refractivity contribution in [3.63, 3.8) is 0 Å². The highest BCUT2D eigenvalue weighted by molar-refractivity contribution is 5.14. The van der Waals surface area contributed by atoms with Crippen molar-refractivity contribution in [1.82, 2.24) is 10.4 Å². The van der Waals surface area contributed by atoms with Gasteiger partial charge in [-0.3, -0.25) is 16.3 Å². The number of hydrogen-bond donors (Lipinski definition) is 2. The smallest absolute Gasteiger partial charge is 0.141 e. The molecule has 0 aromatic carbocycles. The lowest BCUT2D eigenvalue weighted by molar-refractivity contribution is 0.496. The summed E-state index contributed by atoms with van der Waals surface area (Å²) in [5.41, 5.74) is 3.37. The van der Waals surface area contributed by atoms with E-state index in [-0.39, 0.29) is 11.9 Å². The molecule has 0 spiro atoms. The van der Waals surface area contributed by atoms with Gasteiger partial charge in [0.05, 0.1) is 6.20 Å². The minimum absolute atomic E-state index is 0.0958. The summed E-state index contributed by atoms with van der Waals surface area (Å²) in [6, 6.07) is 1.33. The van der Waals surface area contributed by atoms with Crippen molar-refractivity contribution in [1.29, 1.82) is 0 Å². The standard InChI is InChI=1S/C11H14FN3/c1-2-3-4-5-11(15-13)9-6-10(12)8-14-7-9/h1,6-8,11,15H,3-5,13H2. The van der Waals surface area contributed by atoms with Crippen LogP contribution >= 0.6 is 0 Å². The second-order valence-corrected chi connectivity index (χ2v) is 3.25. The van der Waals surface area contributed by atoms with Crippen LogP contribution in [0.1, 0.15) is 30.9 Å². The molecular formula is C11H14FN3. The molecule has 0 aliphatic carbocycles. The summed E-state index contributed by atoms with van der Waals surface area (Å²) in [6.45, 7) is 0. The van der Waals surface area contributed by atoms with Gasteiger partial charge in [0.15, 0.2) is 0 Å². The maximum absolute atomic E-state index is 12.9. The fourth-order valence-electron chi connectivity index (χ4n) is 1.37. The molecule has 0 amide bonds. The Labute approximate surface area is 88.9 Å². The lowest BCUT2D eigenvalue weighted by atomic mass is 10.0. The SMILES string of the molecule is C#CCCCC(NN)c1cncc(F)c1. The maximum atomic E-state index is 12.9. The minimum atomic E-state index is -0.357. The maximum Gasteiger partial charge on any atom is 0.141 e. The van der Waals surface area contributed by atoms with Crippen molar-refractivity contribution < 1.29 is 4.39 Å². The summed E-state index contributed by atoms with van der Waals surface area (Å²) >= 11 is 0. The van der Waals surface area contributed by atoms with E-state index in [9.17, 15) is 4.39 Å². The molecule has 0 saturated carbocycles. The average Bonchev–Trinajstić information content (AvgIpc) is 2.24. The van der Waals surface area contributed by atoms with Crippen molar-refractivity contribution in [2.75, 3.05) is 0 Å². The highest BCUT2D eigenvalue weighted by atomic mass is 19.1. The van der Waals surface area contributed by atoms with E-state index < -0.39 is 0 Å². The van der Waals surface area contributed by atoms with Crippen LogP contribution in [-0.4, -0.2) is 4.98 Å². The Kier molecular flexibility index (Phi) is 4.75. The van der Waals surface area contributed by atoms with Gasteiger partial charge in [0.2, 0.25) is 0 Å². The zero-order valence-corrected chi connectivity index (χ0v) is 8.41. The van der Waals surface area contributed by atoms with Crippen LogP contribution in [0.4, 0.5) is 4.39 Å². The van der Waals surface area contributed by atoms with Crippen LogP contribution in [0.5, 0.6) is 0 Å². The number of hydrogen-bond acceptors (Lipinski definition) is 3. The van der Waals surface area contributed by atoms with E-state index in [0.29, 0.717) is 6.42 Å². The first-order valence-electron chi connectivity index (χ1n) is 4.78. The van der Waals surface area contributed by atoms with Crippen LogP contribution in [0.15, 0.2) is 18.5 Å². The predicted octanol–water partition coefficient (Wildman–Crippen LogP) is 1.53. The third-order valence-electron chi connectivity index (χ3n) is 2.14. The molecular weight excluding hydrogens is 193 g/mol. The van der Waals surface area contributed by atoms with Crippen molar-refractivity contribution in [2.45, 2.75) is 25.3 Å². The molecule has 0 aliphatic rings. The highest BCUT2D eigenvalue weighted by Crippen LogP contribution is 2.17. The summed E-state index contributed by atoms with van der Waals surface area (Å²) in [4.78, 5) is 3.77. The van der Waals surface area contributed by atoms with Gasteiger partial charge in [-0.1, -0.05) is 0 Å². The molecule has 3 N–H and O–H groups in total. The summed E-state index contributed by atoms with van der Waals surface area (Å²) in [7, 11) is 0. The van der Waals surface area contributed by atoms with E-state index in [1.165, 1.54) is 12.3 Å². The van der Waals surface area contributed by atoms with Crippen molar-refractivity contribution in [3.05, 3.63) is 29.8 Å². The van der Waals surface area contributed by atoms with Crippen molar-refractivity contribution in [3.8, 4) is 12.3 Å². The van der Waals surface area contributed by atoms with Crippen LogP contribution in [0, 0.1) is 18.2 Å². The molecule has 0 fully saturated rings. The Hall–Kier alpha value is -1.44. The minimum Gasteiger partial charge on any atom is -0.271 e. The Morgan fingerprint density at radius 3 is 3.00 bits per heavy atom. The molecule has 0 bridgehead atoms. The van der Waals surface area contributed by atoms with Crippen LogP contribution < -0.4 is 11.3 Å².